The van der Waals surface area contributed by atoms with Gasteiger partial charge in [-0.2, -0.15) is 0 Å². The zero-order chi connectivity index (χ0) is 14.3. The molecule has 0 rings (SSSR count). The van der Waals surface area contributed by atoms with E-state index in [1.807, 2.05) is 6.92 Å². The molecule has 0 heterocycles. The smallest absolute Gasteiger partial charge is 0.329 e. The Morgan fingerprint density at radius 3 is 2.44 bits per heavy atom. The maximum atomic E-state index is 11.7. The van der Waals surface area contributed by atoms with Gasteiger partial charge < -0.3 is 20.1 Å². The molecule has 0 aliphatic rings. The van der Waals surface area contributed by atoms with Gasteiger partial charge in [-0.3, -0.25) is 0 Å². The molecule has 0 aromatic rings. The van der Waals surface area contributed by atoms with Crippen molar-refractivity contribution in [2.45, 2.75) is 26.3 Å². The van der Waals surface area contributed by atoms with Crippen molar-refractivity contribution in [3.63, 3.8) is 0 Å². The Hall–Kier alpha value is -1.56. The quantitative estimate of drug-likeness (QED) is 0.529. The van der Waals surface area contributed by atoms with Crippen LogP contribution in [0.25, 0.3) is 0 Å². The lowest BCUT2D eigenvalue weighted by atomic mass is 10.1. The Morgan fingerprint density at radius 1 is 1.44 bits per heavy atom. The van der Waals surface area contributed by atoms with Crippen molar-refractivity contribution in [1.29, 1.82) is 0 Å². The van der Waals surface area contributed by atoms with Crippen LogP contribution in [0, 0.1) is 0 Å². The first-order chi connectivity index (χ1) is 8.19. The Kier molecular flexibility index (Phi) is 6.40. The average Bonchev–Trinajstić information content (AvgIpc) is 2.26. The molecule has 0 fully saturated rings. The van der Waals surface area contributed by atoms with E-state index in [4.69, 9.17) is 9.84 Å². The summed E-state index contributed by atoms with van der Waals surface area (Å²) in [5, 5.41) is 11.6. The molecule has 0 aliphatic heterocycles. The first-order valence-electron chi connectivity index (χ1n) is 5.66. The Morgan fingerprint density at radius 2 is 2.00 bits per heavy atom. The van der Waals surface area contributed by atoms with E-state index >= 15 is 0 Å². The van der Waals surface area contributed by atoms with Gasteiger partial charge in [0.2, 0.25) is 0 Å². The number of urea groups is 1. The van der Waals surface area contributed by atoms with E-state index in [2.05, 4.69) is 11.9 Å². The molecule has 6 nitrogen and oxygen atoms in total. The number of ether oxygens (including phenoxy) is 1. The fraction of sp³-hybridized carbons (Fsp3) is 0.667. The summed E-state index contributed by atoms with van der Waals surface area (Å²) in [5.41, 5.74) is -0.340. The molecule has 6 heteroatoms. The normalized spacial score (nSPS) is 10.9. The number of nitrogens with zero attached hydrogens (tertiary/aromatic N) is 1. The van der Waals surface area contributed by atoms with E-state index in [0.717, 1.165) is 10.5 Å². The van der Waals surface area contributed by atoms with Crippen LogP contribution in [0.3, 0.4) is 0 Å². The van der Waals surface area contributed by atoms with Crippen molar-refractivity contribution in [3.8, 4) is 0 Å². The first kappa shape index (κ1) is 16.4. The van der Waals surface area contributed by atoms with Gasteiger partial charge in [-0.15, -0.1) is 0 Å². The lowest BCUT2D eigenvalue weighted by Gasteiger charge is -2.31. The molecule has 0 saturated heterocycles. The summed E-state index contributed by atoms with van der Waals surface area (Å²) in [5.74, 6) is -1.06. The maximum absolute atomic E-state index is 11.7. The van der Waals surface area contributed by atoms with Crippen LogP contribution in [0.1, 0.15) is 20.8 Å². The summed E-state index contributed by atoms with van der Waals surface area (Å²) in [6, 6.07) is -0.443. The highest BCUT2D eigenvalue weighted by Crippen LogP contribution is 2.11. The largest absolute Gasteiger partial charge is 0.480 e. The third kappa shape index (κ3) is 5.18. The van der Waals surface area contributed by atoms with Gasteiger partial charge in [0, 0.05) is 13.6 Å². The molecule has 0 aromatic carbocycles. The van der Waals surface area contributed by atoms with Crippen LogP contribution in [0.5, 0.6) is 0 Å². The summed E-state index contributed by atoms with van der Waals surface area (Å²) in [7, 11) is 1.44. The van der Waals surface area contributed by atoms with Crippen LogP contribution in [0.4, 0.5) is 4.79 Å². The van der Waals surface area contributed by atoms with Gasteiger partial charge in [0.25, 0.3) is 0 Å². The van der Waals surface area contributed by atoms with Crippen LogP contribution >= 0.6 is 0 Å². The number of carbonyl (C=O) groups excluding carboxylic acids is 1. The second-order valence-corrected chi connectivity index (χ2v) is 4.66. The van der Waals surface area contributed by atoms with Crippen LogP contribution in [-0.4, -0.2) is 54.4 Å². The highest BCUT2D eigenvalue weighted by molar-refractivity contribution is 5.85. The fourth-order valence-corrected chi connectivity index (χ4v) is 0.992. The van der Waals surface area contributed by atoms with Crippen molar-refractivity contribution < 1.29 is 19.4 Å². The molecule has 0 unspecified atom stereocenters. The van der Waals surface area contributed by atoms with Gasteiger partial charge >= 0.3 is 12.0 Å². The lowest BCUT2D eigenvalue weighted by molar-refractivity contribution is -0.146. The molecule has 0 saturated carbocycles. The second kappa shape index (κ2) is 7.00. The topological polar surface area (TPSA) is 78.9 Å². The molecule has 2 N–H and O–H groups in total. The molecular formula is C12H22N2O4. The van der Waals surface area contributed by atoms with Gasteiger partial charge in [-0.1, -0.05) is 12.2 Å². The van der Waals surface area contributed by atoms with Crippen molar-refractivity contribution in [2.24, 2.45) is 0 Å². The van der Waals surface area contributed by atoms with Crippen LogP contribution < -0.4 is 5.32 Å². The maximum Gasteiger partial charge on any atom is 0.329 e. The number of rotatable bonds is 7. The highest BCUT2D eigenvalue weighted by atomic mass is 16.5. The third-order valence-electron chi connectivity index (χ3n) is 2.54. The summed E-state index contributed by atoms with van der Waals surface area (Å²) in [4.78, 5) is 23.8. The summed E-state index contributed by atoms with van der Waals surface area (Å²) in [6.07, 6.45) is 0. The van der Waals surface area contributed by atoms with Crippen LogP contribution in [0.2, 0.25) is 0 Å². The number of carbonyl (C=O) groups is 2. The van der Waals surface area contributed by atoms with E-state index < -0.39 is 17.5 Å². The Bertz CT molecular complexity index is 326. The predicted molar refractivity (Wildman–Crippen MR) is 68.5 cm³/mol. The second-order valence-electron chi connectivity index (χ2n) is 4.66. The van der Waals surface area contributed by atoms with Crippen molar-refractivity contribution in [2.75, 3.05) is 26.8 Å². The highest BCUT2D eigenvalue weighted by Gasteiger charge is 2.34. The monoisotopic (exact) mass is 258 g/mol. The molecule has 18 heavy (non-hydrogen) atoms. The summed E-state index contributed by atoms with van der Waals surface area (Å²) in [6.45, 7) is 9.60. The zero-order valence-electron chi connectivity index (χ0n) is 11.4. The van der Waals surface area contributed by atoms with Crippen molar-refractivity contribution >= 4 is 12.0 Å². The van der Waals surface area contributed by atoms with Gasteiger partial charge in [0.15, 0.2) is 0 Å². The molecule has 0 spiro atoms. The van der Waals surface area contributed by atoms with Crippen molar-refractivity contribution in [3.05, 3.63) is 12.2 Å². The Labute approximate surface area is 108 Å². The molecule has 0 atom stereocenters. The Balaban J connectivity index is 4.03. The number of amides is 2. The lowest BCUT2D eigenvalue weighted by Crippen LogP contribution is -2.54. The van der Waals surface area contributed by atoms with E-state index in [-0.39, 0.29) is 0 Å². The number of hydrogen-bond acceptors (Lipinski definition) is 3. The van der Waals surface area contributed by atoms with E-state index in [1.165, 1.54) is 20.9 Å². The number of aliphatic carboxylic acids is 1. The average molecular weight is 258 g/mol. The predicted octanol–water partition coefficient (Wildman–Crippen LogP) is 1.08. The number of carboxylic acid groups (broad SMARTS) is 1. The van der Waals surface area contributed by atoms with Crippen LogP contribution in [0.15, 0.2) is 12.2 Å². The van der Waals surface area contributed by atoms with Gasteiger partial charge in [0.1, 0.15) is 5.54 Å². The van der Waals surface area contributed by atoms with E-state index in [9.17, 15) is 9.59 Å². The first-order valence-corrected chi connectivity index (χ1v) is 5.66. The molecule has 104 valence electrons. The number of hydrogen-bond donors (Lipinski definition) is 2. The molecular weight excluding hydrogens is 236 g/mol. The van der Waals surface area contributed by atoms with E-state index in [0.29, 0.717) is 19.8 Å². The standard InChI is InChI=1S/C12H22N2O4/c1-9(2)8-18-7-6-13-11(17)14(5)12(3,4)10(15)16/h1,6-8H2,2-5H3,(H,13,17)(H,15,16). The summed E-state index contributed by atoms with van der Waals surface area (Å²) >= 11 is 0. The summed E-state index contributed by atoms with van der Waals surface area (Å²) < 4.78 is 5.21. The molecule has 2 amide bonds. The molecule has 0 aromatic heterocycles. The van der Waals surface area contributed by atoms with Gasteiger partial charge in [-0.25, -0.2) is 9.59 Å². The molecule has 0 aliphatic carbocycles. The van der Waals surface area contributed by atoms with E-state index in [1.54, 1.807) is 0 Å². The fourth-order valence-electron chi connectivity index (χ4n) is 0.992. The SMILES string of the molecule is C=C(C)COCCNC(=O)N(C)C(C)(C)C(=O)O. The number of carboxylic acids is 1. The zero-order valence-corrected chi connectivity index (χ0v) is 11.4. The molecule has 0 bridgehead atoms. The van der Waals surface area contributed by atoms with Crippen molar-refractivity contribution in [1.82, 2.24) is 10.2 Å². The van der Waals surface area contributed by atoms with Crippen LogP contribution in [-0.2, 0) is 9.53 Å². The van der Waals surface area contributed by atoms with Gasteiger partial charge in [-0.05, 0) is 20.8 Å². The minimum atomic E-state index is -1.25. The number of likely N-dealkylation sites (N-methyl/N-ethyl adjacent to an activating group) is 1. The minimum Gasteiger partial charge on any atom is -0.480 e. The number of nitrogens with one attached hydrogen (secondary N) is 1. The third-order valence-corrected chi connectivity index (χ3v) is 2.54. The molecule has 0 radical (unpaired) electrons. The minimum absolute atomic E-state index is 0.326. The van der Waals surface area contributed by atoms with Gasteiger partial charge in [0.05, 0.1) is 13.2 Å².